The van der Waals surface area contributed by atoms with Gasteiger partial charge in [0.1, 0.15) is 28.5 Å². The van der Waals surface area contributed by atoms with Gasteiger partial charge in [0.2, 0.25) is 0 Å². The zero-order valence-electron chi connectivity index (χ0n) is 18.1. The Morgan fingerprint density at radius 2 is 1.76 bits per heavy atom. The monoisotopic (exact) mass is 449 g/mol. The molecule has 0 atom stereocenters. The summed E-state index contributed by atoms with van der Waals surface area (Å²) in [6, 6.07) is 9.24. The first-order valence-corrected chi connectivity index (χ1v) is 10.4. The molecule has 168 valence electrons. The predicted molar refractivity (Wildman–Crippen MR) is 120 cm³/mol. The van der Waals surface area contributed by atoms with Gasteiger partial charge in [-0.3, -0.25) is 13.5 Å². The van der Waals surface area contributed by atoms with E-state index in [1.54, 1.807) is 12.4 Å². The Balaban J connectivity index is 1.70. The zero-order chi connectivity index (χ0) is 23.1. The van der Waals surface area contributed by atoms with E-state index >= 15 is 0 Å². The van der Waals surface area contributed by atoms with Gasteiger partial charge in [-0.2, -0.15) is 0 Å². The Kier molecular flexibility index (Phi) is 5.21. The van der Waals surface area contributed by atoms with Crippen LogP contribution in [-0.4, -0.2) is 54.0 Å². The molecule has 0 radical (unpaired) electrons. The number of aromatic nitrogens is 6. The SMILES string of the molecule is CN(C)CCn1c(=O)n(Cc2c(F)cccc2F)c2nc(-c3cnc4ccccn34)ncc21. The second kappa shape index (κ2) is 8.21. The summed E-state index contributed by atoms with van der Waals surface area (Å²) in [5.74, 6) is -1.08. The lowest BCUT2D eigenvalue weighted by Gasteiger charge is -2.09. The molecular weight excluding hydrogens is 428 g/mol. The number of hydrogen-bond donors (Lipinski definition) is 0. The van der Waals surface area contributed by atoms with Gasteiger partial charge in [0.05, 0.1) is 18.9 Å². The van der Waals surface area contributed by atoms with Gasteiger partial charge >= 0.3 is 5.69 Å². The van der Waals surface area contributed by atoms with Crippen LogP contribution in [0.2, 0.25) is 0 Å². The van der Waals surface area contributed by atoms with E-state index < -0.39 is 17.3 Å². The van der Waals surface area contributed by atoms with Crippen LogP contribution in [-0.2, 0) is 13.1 Å². The molecule has 4 aromatic heterocycles. The fraction of sp³-hybridized carbons (Fsp3) is 0.217. The highest BCUT2D eigenvalue weighted by Crippen LogP contribution is 2.21. The largest absolute Gasteiger partial charge is 0.330 e. The summed E-state index contributed by atoms with van der Waals surface area (Å²) in [4.78, 5) is 28.7. The van der Waals surface area contributed by atoms with E-state index in [4.69, 9.17) is 0 Å². The number of fused-ring (bicyclic) bond motifs is 2. The molecule has 0 N–H and O–H groups in total. The first kappa shape index (κ1) is 21.0. The highest BCUT2D eigenvalue weighted by Gasteiger charge is 2.20. The fourth-order valence-electron chi connectivity index (χ4n) is 3.82. The summed E-state index contributed by atoms with van der Waals surface area (Å²) in [7, 11) is 3.80. The molecule has 0 fully saturated rings. The van der Waals surface area contributed by atoms with Crippen LogP contribution >= 0.6 is 0 Å². The van der Waals surface area contributed by atoms with E-state index in [0.29, 0.717) is 35.8 Å². The van der Waals surface area contributed by atoms with E-state index in [0.717, 1.165) is 5.65 Å². The van der Waals surface area contributed by atoms with Gasteiger partial charge in [0.25, 0.3) is 0 Å². The molecule has 0 aliphatic heterocycles. The molecule has 0 unspecified atom stereocenters. The number of nitrogens with zero attached hydrogens (tertiary/aromatic N) is 7. The molecule has 0 amide bonds. The summed E-state index contributed by atoms with van der Waals surface area (Å²) >= 11 is 0. The number of rotatable bonds is 6. The molecule has 4 heterocycles. The van der Waals surface area contributed by atoms with Gasteiger partial charge in [-0.1, -0.05) is 12.1 Å². The molecule has 0 saturated heterocycles. The lowest BCUT2D eigenvalue weighted by molar-refractivity contribution is 0.382. The lowest BCUT2D eigenvalue weighted by Crippen LogP contribution is -2.29. The quantitative estimate of drug-likeness (QED) is 0.399. The van der Waals surface area contributed by atoms with Crippen LogP contribution in [0.1, 0.15) is 5.56 Å². The number of halogens is 2. The third-order valence-corrected chi connectivity index (χ3v) is 5.55. The van der Waals surface area contributed by atoms with Crippen LogP contribution in [0.5, 0.6) is 0 Å². The van der Waals surface area contributed by atoms with E-state index in [-0.39, 0.29) is 12.1 Å². The fourth-order valence-corrected chi connectivity index (χ4v) is 3.82. The minimum atomic E-state index is -0.716. The Morgan fingerprint density at radius 1 is 0.970 bits per heavy atom. The molecule has 33 heavy (non-hydrogen) atoms. The van der Waals surface area contributed by atoms with Crippen LogP contribution in [0.4, 0.5) is 8.78 Å². The molecule has 0 spiro atoms. The van der Waals surface area contributed by atoms with Crippen LogP contribution < -0.4 is 5.69 Å². The molecule has 0 aliphatic rings. The molecule has 0 saturated carbocycles. The maximum Gasteiger partial charge on any atom is 0.330 e. The summed E-state index contributed by atoms with van der Waals surface area (Å²) < 4.78 is 33.4. The third-order valence-electron chi connectivity index (χ3n) is 5.55. The predicted octanol–water partition coefficient (Wildman–Crippen LogP) is 2.80. The summed E-state index contributed by atoms with van der Waals surface area (Å²) in [6.45, 7) is 0.696. The summed E-state index contributed by atoms with van der Waals surface area (Å²) in [6.07, 6.45) is 5.07. The molecule has 10 heteroatoms. The first-order valence-electron chi connectivity index (χ1n) is 10.4. The van der Waals surface area contributed by atoms with E-state index in [9.17, 15) is 13.6 Å². The Bertz CT molecular complexity index is 1510. The zero-order valence-corrected chi connectivity index (χ0v) is 18.1. The van der Waals surface area contributed by atoms with Gasteiger partial charge in [-0.05, 0) is 38.4 Å². The first-order chi connectivity index (χ1) is 15.9. The maximum absolute atomic E-state index is 14.4. The molecule has 8 nitrogen and oxygen atoms in total. The van der Waals surface area contributed by atoms with Gasteiger partial charge in [-0.25, -0.2) is 28.5 Å². The van der Waals surface area contributed by atoms with Crippen molar-refractivity contribution in [3.8, 4) is 11.5 Å². The molecule has 0 bridgehead atoms. The smallest absolute Gasteiger partial charge is 0.308 e. The normalized spacial score (nSPS) is 11.8. The number of likely N-dealkylation sites (N-methyl/N-ethyl adjacent to an activating group) is 1. The van der Waals surface area contributed by atoms with Crippen LogP contribution in [0.25, 0.3) is 28.3 Å². The number of hydrogen-bond acceptors (Lipinski definition) is 5. The van der Waals surface area contributed by atoms with Crippen molar-refractivity contribution in [1.29, 1.82) is 0 Å². The third kappa shape index (κ3) is 3.68. The van der Waals surface area contributed by atoms with Crippen molar-refractivity contribution in [2.24, 2.45) is 0 Å². The second-order valence-electron chi connectivity index (χ2n) is 8.00. The highest BCUT2D eigenvalue weighted by atomic mass is 19.1. The van der Waals surface area contributed by atoms with Crippen LogP contribution in [0.15, 0.2) is 59.8 Å². The summed E-state index contributed by atoms with van der Waals surface area (Å²) in [5.41, 5.74) is 1.57. The summed E-state index contributed by atoms with van der Waals surface area (Å²) in [5, 5.41) is 0. The number of benzene rings is 1. The van der Waals surface area contributed by atoms with Gasteiger partial charge in [-0.15, -0.1) is 0 Å². The van der Waals surface area contributed by atoms with Crippen molar-refractivity contribution < 1.29 is 8.78 Å². The van der Waals surface area contributed by atoms with Gasteiger partial charge in [0, 0.05) is 24.8 Å². The van der Waals surface area contributed by atoms with E-state index in [1.165, 1.54) is 27.3 Å². The topological polar surface area (TPSA) is 73.2 Å². The number of imidazole rings is 2. The Labute approximate surface area is 187 Å². The average Bonchev–Trinajstić information content (AvgIpc) is 3.33. The molecule has 1 aromatic carbocycles. The molecular formula is C23H21F2N7O. The Morgan fingerprint density at radius 3 is 2.52 bits per heavy atom. The lowest BCUT2D eigenvalue weighted by atomic mass is 10.2. The standard InChI is InChI=1S/C23H21F2N7O/c1-29(2)10-11-31-19-13-27-21(18-12-26-20-8-3-4-9-30(18)20)28-22(19)32(23(31)33)14-15-16(24)6-5-7-17(15)25/h3-9,12-13H,10-11,14H2,1-2H3. The highest BCUT2D eigenvalue weighted by molar-refractivity contribution is 5.73. The van der Waals surface area contributed by atoms with Crippen molar-refractivity contribution in [1.82, 2.24) is 33.4 Å². The minimum absolute atomic E-state index is 0.193. The van der Waals surface area contributed by atoms with E-state index in [1.807, 2.05) is 47.8 Å². The maximum atomic E-state index is 14.4. The van der Waals surface area contributed by atoms with Crippen molar-refractivity contribution in [2.75, 3.05) is 20.6 Å². The Hall–Kier alpha value is -3.92. The number of pyridine rings is 1. The van der Waals surface area contributed by atoms with Crippen molar-refractivity contribution in [3.05, 3.63) is 82.7 Å². The van der Waals surface area contributed by atoms with Crippen LogP contribution in [0.3, 0.4) is 0 Å². The van der Waals surface area contributed by atoms with Gasteiger partial charge < -0.3 is 4.90 Å². The second-order valence-corrected chi connectivity index (χ2v) is 8.00. The molecule has 5 aromatic rings. The molecule has 5 rings (SSSR count). The van der Waals surface area contributed by atoms with Gasteiger partial charge in [0.15, 0.2) is 11.5 Å². The average molecular weight is 449 g/mol. The minimum Gasteiger partial charge on any atom is -0.308 e. The van der Waals surface area contributed by atoms with Crippen molar-refractivity contribution >= 4 is 16.8 Å². The van der Waals surface area contributed by atoms with Crippen LogP contribution in [0, 0.1) is 11.6 Å². The van der Waals surface area contributed by atoms with E-state index in [2.05, 4.69) is 15.0 Å². The molecule has 0 aliphatic carbocycles. The van der Waals surface area contributed by atoms with Crippen molar-refractivity contribution in [2.45, 2.75) is 13.1 Å². The van der Waals surface area contributed by atoms with Crippen molar-refractivity contribution in [3.63, 3.8) is 0 Å².